The molecule has 108 heavy (non-hydrogen) atoms. The van der Waals surface area contributed by atoms with E-state index >= 15 is 9.13 Å². The Morgan fingerprint density at radius 3 is 1.00 bits per heavy atom. The summed E-state index contributed by atoms with van der Waals surface area (Å²) >= 11 is 0. The zero-order chi connectivity index (χ0) is 71.6. The number of para-hydroxylation sites is 6. The number of fused-ring (bicyclic) bond motifs is 17. The lowest BCUT2D eigenvalue weighted by Crippen LogP contribution is -2.25. The monoisotopic (exact) mass is 1410 g/mol. The third kappa shape index (κ3) is 9.88. The molecule has 0 saturated carbocycles. The SMILES string of the molecule is O=P(c1ccccc1)(c1ccccc1)c1ccc(-c2ccc(-c3ccc4c(c3)c3ccccc3n3c5ccccc5nc43)cc2)c2ccccc12.O=P(c1ccccc1)(c1ccccc1)c1ccc2ccc3c(-c4ccc(-c5ccc6c(c5)c5ccccc5n5c7ccccc7nc65)cc4)ccc4ccc1c2c43. The van der Waals surface area contributed by atoms with Gasteiger partial charge >= 0.3 is 0 Å². The molecule has 22 rings (SSSR count). The minimum atomic E-state index is -3.19. The van der Waals surface area contributed by atoms with Crippen molar-refractivity contribution in [3.63, 3.8) is 0 Å². The van der Waals surface area contributed by atoms with Crippen LogP contribution < -0.4 is 31.8 Å². The first kappa shape index (κ1) is 63.2. The van der Waals surface area contributed by atoms with Crippen LogP contribution in [-0.4, -0.2) is 18.8 Å². The van der Waals surface area contributed by atoms with Crippen molar-refractivity contribution in [1.82, 2.24) is 18.8 Å². The fourth-order valence-corrected chi connectivity index (χ4v) is 22.9. The molecule has 0 unspecified atom stereocenters. The summed E-state index contributed by atoms with van der Waals surface area (Å²) in [5.41, 5.74) is 17.7. The van der Waals surface area contributed by atoms with E-state index in [9.17, 15) is 0 Å². The van der Waals surface area contributed by atoms with Crippen molar-refractivity contribution in [1.29, 1.82) is 0 Å². The van der Waals surface area contributed by atoms with Gasteiger partial charge in [-0.25, -0.2) is 9.97 Å². The second-order valence-corrected chi connectivity index (χ2v) is 33.6. The third-order valence-electron chi connectivity index (χ3n) is 22.3. The summed E-state index contributed by atoms with van der Waals surface area (Å²) in [4.78, 5) is 10.2. The van der Waals surface area contributed by atoms with Gasteiger partial charge in [-0.05, 0) is 171 Å². The van der Waals surface area contributed by atoms with Gasteiger partial charge in [-0.15, -0.1) is 0 Å². The number of rotatable bonds is 10. The van der Waals surface area contributed by atoms with Crippen LogP contribution in [0, 0.1) is 0 Å². The average Bonchev–Trinajstić information content (AvgIpc) is 1.04. The summed E-state index contributed by atoms with van der Waals surface area (Å²) in [5.74, 6) is 0. The maximum absolute atomic E-state index is 15.6. The molecule has 0 aliphatic heterocycles. The Balaban J connectivity index is 0.000000139. The van der Waals surface area contributed by atoms with Crippen LogP contribution in [0.15, 0.2) is 388 Å². The van der Waals surface area contributed by atoms with Gasteiger partial charge in [-0.1, -0.05) is 315 Å². The van der Waals surface area contributed by atoms with Gasteiger partial charge in [0.2, 0.25) is 0 Å². The van der Waals surface area contributed by atoms with Gasteiger partial charge in [0, 0.05) is 53.4 Å². The predicted octanol–water partition coefficient (Wildman–Crippen LogP) is 23.6. The zero-order valence-electron chi connectivity index (χ0n) is 58.5. The largest absolute Gasteiger partial charge is 0.309 e. The highest BCUT2D eigenvalue weighted by Gasteiger charge is 2.34. The van der Waals surface area contributed by atoms with Gasteiger partial charge in [-0.3, -0.25) is 8.80 Å². The van der Waals surface area contributed by atoms with E-state index in [1.54, 1.807) is 0 Å². The Morgan fingerprint density at radius 1 is 0.213 bits per heavy atom. The normalized spacial score (nSPS) is 12.1. The van der Waals surface area contributed by atoms with Crippen molar-refractivity contribution < 1.29 is 9.13 Å². The van der Waals surface area contributed by atoms with Crippen LogP contribution in [0.25, 0.3) is 164 Å². The molecule has 4 aromatic heterocycles. The quantitative estimate of drug-likeness (QED) is 0.101. The van der Waals surface area contributed by atoms with Gasteiger partial charge in [-0.2, -0.15) is 0 Å². The molecular formula is C100H64N4O2P2. The Kier molecular flexibility index (Phi) is 14.7. The first-order chi connectivity index (χ1) is 53.3. The third-order valence-corrected chi connectivity index (χ3v) is 28.5. The fourth-order valence-electron chi connectivity index (χ4n) is 17.2. The van der Waals surface area contributed by atoms with Crippen LogP contribution in [0.2, 0.25) is 0 Å². The van der Waals surface area contributed by atoms with E-state index in [4.69, 9.17) is 9.97 Å². The van der Waals surface area contributed by atoms with Crippen molar-refractivity contribution >= 4 is 166 Å². The molecule has 0 radical (unpaired) electrons. The molecule has 0 bridgehead atoms. The maximum atomic E-state index is 15.6. The van der Waals surface area contributed by atoms with E-state index in [2.05, 4.69) is 264 Å². The summed E-state index contributed by atoms with van der Waals surface area (Å²) in [7, 11) is -6.34. The van der Waals surface area contributed by atoms with Crippen LogP contribution in [0.4, 0.5) is 0 Å². The predicted molar refractivity (Wildman–Crippen MR) is 457 cm³/mol. The number of hydrogen-bond donors (Lipinski definition) is 0. The van der Waals surface area contributed by atoms with E-state index in [0.717, 1.165) is 147 Å². The molecular weight excluding hydrogens is 1350 g/mol. The van der Waals surface area contributed by atoms with Gasteiger partial charge in [0.25, 0.3) is 0 Å². The van der Waals surface area contributed by atoms with E-state index in [-0.39, 0.29) is 0 Å². The molecule has 0 N–H and O–H groups in total. The minimum absolute atomic E-state index is 0.836. The highest BCUT2D eigenvalue weighted by Crippen LogP contribution is 2.50. The lowest BCUT2D eigenvalue weighted by atomic mass is 9.89. The number of aromatic nitrogens is 4. The highest BCUT2D eigenvalue weighted by atomic mass is 31.2. The van der Waals surface area contributed by atoms with E-state index in [0.29, 0.717) is 0 Å². The summed E-state index contributed by atoms with van der Waals surface area (Å²) in [6, 6.07) is 135. The standard InChI is InChI=1S/C53H33N2OP.C47H31N2OP/c56-57(39-11-3-1-4-12-39,40-13-5-2-6-14-40)50-32-27-37-24-29-43-41(28-23-36-25-31-45(50)52(37)51(36)43)35-21-19-34(20-22-35)38-26-30-44-46(33-38)42-15-7-9-17-48(42)55-49-18-10-8-16-47(49)54-53(44)55;50-51(35-13-3-1-4-14-35,36-15-5-2-6-16-36)46-30-29-37(38-17-7-8-19-40(38)46)33-25-23-32(24-26-33)34-27-28-41-42(31-34)39-18-9-11-21-44(39)49-45-22-12-10-20-43(45)48-47(41)49/h1-33H;1-31H. The van der Waals surface area contributed by atoms with E-state index in [1.165, 1.54) is 48.8 Å². The van der Waals surface area contributed by atoms with Crippen LogP contribution in [-0.2, 0) is 9.13 Å². The van der Waals surface area contributed by atoms with Gasteiger partial charge in [0.1, 0.15) is 11.3 Å². The Morgan fingerprint density at radius 2 is 0.528 bits per heavy atom. The highest BCUT2D eigenvalue weighted by molar-refractivity contribution is 7.86. The molecule has 0 saturated heterocycles. The van der Waals surface area contributed by atoms with Crippen LogP contribution >= 0.6 is 14.3 Å². The average molecular weight is 1420 g/mol. The second-order valence-electron chi connectivity index (χ2n) is 28.1. The molecule has 0 fully saturated rings. The molecule has 18 aromatic carbocycles. The number of nitrogens with zero attached hydrogens (tertiary/aromatic N) is 4. The van der Waals surface area contributed by atoms with Gasteiger partial charge in [0.05, 0.1) is 33.1 Å². The number of benzene rings is 18. The molecule has 22 aromatic rings. The fraction of sp³-hybridized carbons (Fsp3) is 0. The Hall–Kier alpha value is -13.3. The Bertz CT molecular complexity index is 7380. The van der Waals surface area contributed by atoms with Crippen molar-refractivity contribution in [2.45, 2.75) is 0 Å². The van der Waals surface area contributed by atoms with Gasteiger partial charge in [0.15, 0.2) is 14.3 Å². The minimum Gasteiger partial charge on any atom is -0.309 e. The molecule has 0 aliphatic carbocycles. The number of imidazole rings is 2. The van der Waals surface area contributed by atoms with Crippen LogP contribution in [0.3, 0.4) is 0 Å². The van der Waals surface area contributed by atoms with Crippen LogP contribution in [0.5, 0.6) is 0 Å². The molecule has 0 spiro atoms. The smallest absolute Gasteiger partial charge is 0.171 e. The number of pyridine rings is 2. The van der Waals surface area contributed by atoms with E-state index < -0.39 is 14.3 Å². The van der Waals surface area contributed by atoms with Crippen molar-refractivity contribution in [2.75, 3.05) is 0 Å². The number of hydrogen-bond acceptors (Lipinski definition) is 4. The molecule has 506 valence electrons. The molecule has 4 heterocycles. The molecule has 6 nitrogen and oxygen atoms in total. The summed E-state index contributed by atoms with van der Waals surface area (Å²) in [6.45, 7) is 0. The maximum Gasteiger partial charge on any atom is 0.171 e. The molecule has 8 heteroatoms. The van der Waals surface area contributed by atoms with E-state index in [1.807, 2.05) is 133 Å². The molecule has 0 atom stereocenters. The second kappa shape index (κ2) is 25.2. The summed E-state index contributed by atoms with van der Waals surface area (Å²) in [6.07, 6.45) is 0. The van der Waals surface area contributed by atoms with Crippen molar-refractivity contribution in [3.8, 4) is 44.5 Å². The lowest BCUT2D eigenvalue weighted by molar-refractivity contribution is 0.592. The first-order valence-corrected chi connectivity index (χ1v) is 40.1. The molecule has 0 aliphatic rings. The van der Waals surface area contributed by atoms with Crippen molar-refractivity contribution in [3.05, 3.63) is 388 Å². The topological polar surface area (TPSA) is 68.7 Å². The summed E-state index contributed by atoms with van der Waals surface area (Å²) in [5, 5.41) is 21.2. The van der Waals surface area contributed by atoms with Gasteiger partial charge < -0.3 is 9.13 Å². The zero-order valence-corrected chi connectivity index (χ0v) is 60.2. The van der Waals surface area contributed by atoms with Crippen LogP contribution in [0.1, 0.15) is 0 Å². The summed E-state index contributed by atoms with van der Waals surface area (Å²) < 4.78 is 35.6. The first-order valence-electron chi connectivity index (χ1n) is 36.6. The molecule has 0 amide bonds. The lowest BCUT2D eigenvalue weighted by Gasteiger charge is -2.23. The van der Waals surface area contributed by atoms with Crippen molar-refractivity contribution in [2.24, 2.45) is 0 Å². The Labute approximate surface area is 622 Å².